The van der Waals surface area contributed by atoms with Crippen LogP contribution in [0.25, 0.3) is 0 Å². The largest absolute Gasteiger partial charge is 0.346 e. The summed E-state index contributed by atoms with van der Waals surface area (Å²) >= 11 is 0. The van der Waals surface area contributed by atoms with E-state index in [4.69, 9.17) is 9.47 Å². The molecule has 1 aliphatic heterocycles. The molecule has 86 valence electrons. The SMILES string of the molecule is CC(C)[C@@H]1O[C@H](C)[C@@](C)(C2=CCCC2)O1. The van der Waals surface area contributed by atoms with Gasteiger partial charge in [0, 0.05) is 5.92 Å². The highest BCUT2D eigenvalue weighted by atomic mass is 16.7. The van der Waals surface area contributed by atoms with Gasteiger partial charge in [-0.3, -0.25) is 0 Å². The van der Waals surface area contributed by atoms with Gasteiger partial charge in [0.15, 0.2) is 6.29 Å². The van der Waals surface area contributed by atoms with Crippen LogP contribution in [-0.4, -0.2) is 18.0 Å². The highest BCUT2D eigenvalue weighted by Gasteiger charge is 2.47. The van der Waals surface area contributed by atoms with Gasteiger partial charge in [0.25, 0.3) is 0 Å². The van der Waals surface area contributed by atoms with E-state index in [1.54, 1.807) is 0 Å². The first-order valence-electron chi connectivity index (χ1n) is 6.07. The van der Waals surface area contributed by atoms with Crippen molar-refractivity contribution in [2.75, 3.05) is 0 Å². The third kappa shape index (κ3) is 1.85. The van der Waals surface area contributed by atoms with E-state index in [1.165, 1.54) is 24.8 Å². The van der Waals surface area contributed by atoms with Crippen LogP contribution in [0.3, 0.4) is 0 Å². The summed E-state index contributed by atoms with van der Waals surface area (Å²) in [4.78, 5) is 0. The van der Waals surface area contributed by atoms with Crippen LogP contribution in [0.5, 0.6) is 0 Å². The van der Waals surface area contributed by atoms with Crippen LogP contribution < -0.4 is 0 Å². The molecule has 1 fully saturated rings. The number of rotatable bonds is 2. The fraction of sp³-hybridized carbons (Fsp3) is 0.846. The molecule has 2 nitrogen and oxygen atoms in total. The van der Waals surface area contributed by atoms with Crippen molar-refractivity contribution >= 4 is 0 Å². The topological polar surface area (TPSA) is 18.5 Å². The van der Waals surface area contributed by atoms with Crippen molar-refractivity contribution in [1.29, 1.82) is 0 Å². The highest BCUT2D eigenvalue weighted by Crippen LogP contribution is 2.41. The summed E-state index contributed by atoms with van der Waals surface area (Å²) < 4.78 is 12.0. The first kappa shape index (κ1) is 11.2. The molecule has 2 aliphatic rings. The maximum atomic E-state index is 6.12. The molecule has 15 heavy (non-hydrogen) atoms. The molecule has 0 aromatic rings. The predicted octanol–water partition coefficient (Wildman–Crippen LogP) is 3.27. The molecule has 1 aliphatic carbocycles. The number of hydrogen-bond acceptors (Lipinski definition) is 2. The summed E-state index contributed by atoms with van der Waals surface area (Å²) in [6.07, 6.45) is 6.12. The molecular formula is C13H22O2. The minimum absolute atomic E-state index is 0.0356. The third-order valence-corrected chi connectivity index (χ3v) is 3.70. The third-order valence-electron chi connectivity index (χ3n) is 3.70. The second kappa shape index (κ2) is 3.91. The van der Waals surface area contributed by atoms with E-state index < -0.39 is 0 Å². The lowest BCUT2D eigenvalue weighted by Gasteiger charge is -2.28. The van der Waals surface area contributed by atoms with Gasteiger partial charge >= 0.3 is 0 Å². The Balaban J connectivity index is 2.14. The zero-order valence-corrected chi connectivity index (χ0v) is 10.2. The van der Waals surface area contributed by atoms with E-state index in [-0.39, 0.29) is 18.0 Å². The second-order valence-corrected chi connectivity index (χ2v) is 5.24. The molecule has 2 rings (SSSR count). The Morgan fingerprint density at radius 2 is 2.20 bits per heavy atom. The van der Waals surface area contributed by atoms with E-state index in [1.807, 2.05) is 0 Å². The lowest BCUT2D eigenvalue weighted by molar-refractivity contribution is -0.104. The van der Waals surface area contributed by atoms with Gasteiger partial charge in [0.2, 0.25) is 0 Å². The Bertz CT molecular complexity index is 270. The maximum absolute atomic E-state index is 6.12. The van der Waals surface area contributed by atoms with Crippen molar-refractivity contribution in [2.45, 2.75) is 65.0 Å². The van der Waals surface area contributed by atoms with Crippen molar-refractivity contribution in [3.8, 4) is 0 Å². The van der Waals surface area contributed by atoms with Gasteiger partial charge in [-0.05, 0) is 38.7 Å². The molecule has 0 saturated carbocycles. The smallest absolute Gasteiger partial charge is 0.161 e. The molecule has 0 aromatic carbocycles. The van der Waals surface area contributed by atoms with Gasteiger partial charge in [-0.2, -0.15) is 0 Å². The van der Waals surface area contributed by atoms with E-state index in [9.17, 15) is 0 Å². The minimum Gasteiger partial charge on any atom is -0.346 e. The Kier molecular flexibility index (Phi) is 2.91. The Hall–Kier alpha value is -0.340. The molecular weight excluding hydrogens is 188 g/mol. The predicted molar refractivity (Wildman–Crippen MR) is 60.6 cm³/mol. The van der Waals surface area contributed by atoms with E-state index in [0.29, 0.717) is 5.92 Å². The summed E-state index contributed by atoms with van der Waals surface area (Å²) in [6.45, 7) is 8.59. The average molecular weight is 210 g/mol. The normalized spacial score (nSPS) is 41.3. The van der Waals surface area contributed by atoms with E-state index in [2.05, 4.69) is 33.8 Å². The van der Waals surface area contributed by atoms with Gasteiger partial charge in [-0.15, -0.1) is 0 Å². The van der Waals surface area contributed by atoms with Gasteiger partial charge in [0.05, 0.1) is 6.10 Å². The molecule has 1 heterocycles. The minimum atomic E-state index is -0.175. The van der Waals surface area contributed by atoms with Crippen LogP contribution >= 0.6 is 0 Å². The fourth-order valence-corrected chi connectivity index (χ4v) is 2.45. The lowest BCUT2D eigenvalue weighted by Crippen LogP contribution is -2.36. The Morgan fingerprint density at radius 3 is 2.67 bits per heavy atom. The van der Waals surface area contributed by atoms with Gasteiger partial charge in [-0.25, -0.2) is 0 Å². The van der Waals surface area contributed by atoms with Gasteiger partial charge < -0.3 is 9.47 Å². The van der Waals surface area contributed by atoms with Gasteiger partial charge in [0.1, 0.15) is 5.60 Å². The van der Waals surface area contributed by atoms with E-state index in [0.717, 1.165) is 0 Å². The van der Waals surface area contributed by atoms with Crippen LogP contribution in [0, 0.1) is 5.92 Å². The van der Waals surface area contributed by atoms with Crippen LogP contribution in [0.4, 0.5) is 0 Å². The molecule has 1 saturated heterocycles. The maximum Gasteiger partial charge on any atom is 0.161 e. The van der Waals surface area contributed by atoms with Crippen LogP contribution in [-0.2, 0) is 9.47 Å². The Morgan fingerprint density at radius 1 is 1.47 bits per heavy atom. The van der Waals surface area contributed by atoms with E-state index >= 15 is 0 Å². The molecule has 0 amide bonds. The summed E-state index contributed by atoms with van der Waals surface area (Å²) in [6, 6.07) is 0. The summed E-state index contributed by atoms with van der Waals surface area (Å²) in [7, 11) is 0. The average Bonchev–Trinajstić information content (AvgIpc) is 2.76. The monoisotopic (exact) mass is 210 g/mol. The zero-order valence-electron chi connectivity index (χ0n) is 10.2. The first-order valence-corrected chi connectivity index (χ1v) is 6.07. The molecule has 0 aromatic heterocycles. The Labute approximate surface area is 92.6 Å². The van der Waals surface area contributed by atoms with Crippen molar-refractivity contribution in [2.24, 2.45) is 5.92 Å². The van der Waals surface area contributed by atoms with Crippen molar-refractivity contribution < 1.29 is 9.47 Å². The van der Waals surface area contributed by atoms with Crippen molar-refractivity contribution in [1.82, 2.24) is 0 Å². The summed E-state index contributed by atoms with van der Waals surface area (Å²) in [5, 5.41) is 0. The lowest BCUT2D eigenvalue weighted by atomic mass is 9.90. The number of hydrogen-bond donors (Lipinski definition) is 0. The molecule has 3 atom stereocenters. The molecule has 0 radical (unpaired) electrons. The highest BCUT2D eigenvalue weighted by molar-refractivity contribution is 5.23. The molecule has 0 N–H and O–H groups in total. The molecule has 0 bridgehead atoms. The van der Waals surface area contributed by atoms with Crippen molar-refractivity contribution in [3.63, 3.8) is 0 Å². The number of ether oxygens (including phenoxy) is 2. The van der Waals surface area contributed by atoms with Crippen LogP contribution in [0.15, 0.2) is 11.6 Å². The molecule has 0 spiro atoms. The standard InChI is InChI=1S/C13H22O2/c1-9(2)12-14-10(3)13(4,15-12)11-7-5-6-8-11/h7,9-10,12H,5-6,8H2,1-4H3/t10-,12-,13+/m1/s1. The zero-order chi connectivity index (χ0) is 11.1. The summed E-state index contributed by atoms with van der Waals surface area (Å²) in [5.74, 6) is 0.427. The molecule has 0 unspecified atom stereocenters. The molecule has 2 heteroatoms. The fourth-order valence-electron chi connectivity index (χ4n) is 2.45. The van der Waals surface area contributed by atoms with Crippen LogP contribution in [0.1, 0.15) is 47.0 Å². The van der Waals surface area contributed by atoms with Crippen molar-refractivity contribution in [3.05, 3.63) is 11.6 Å². The van der Waals surface area contributed by atoms with Gasteiger partial charge in [-0.1, -0.05) is 19.9 Å². The number of allylic oxidation sites excluding steroid dienone is 1. The first-order chi connectivity index (χ1) is 7.04. The van der Waals surface area contributed by atoms with Crippen LogP contribution in [0.2, 0.25) is 0 Å². The quantitative estimate of drug-likeness (QED) is 0.651. The second-order valence-electron chi connectivity index (χ2n) is 5.24. The summed E-state index contributed by atoms with van der Waals surface area (Å²) in [5.41, 5.74) is 1.27.